The Kier molecular flexibility index (Phi) is 6.25. The number of carbonyl (C=O) groups is 2. The van der Waals surface area contributed by atoms with Gasteiger partial charge in [-0.15, -0.1) is 11.3 Å². The molecule has 0 radical (unpaired) electrons. The fraction of sp³-hybridized carbons (Fsp3) is 0.143. The van der Waals surface area contributed by atoms with Crippen LogP contribution < -0.4 is 25.1 Å². The van der Waals surface area contributed by atoms with Crippen LogP contribution >= 0.6 is 38.6 Å². The lowest BCUT2D eigenvalue weighted by Gasteiger charge is -2.24. The van der Waals surface area contributed by atoms with Gasteiger partial charge in [0.15, 0.2) is 4.80 Å². The number of rotatable bonds is 4. The first kappa shape index (κ1) is 24.7. The van der Waals surface area contributed by atoms with Gasteiger partial charge in [0.1, 0.15) is 10.6 Å². The van der Waals surface area contributed by atoms with Crippen LogP contribution in [0.5, 0.6) is 0 Å². The molecule has 7 nitrogen and oxygen atoms in total. The van der Waals surface area contributed by atoms with E-state index in [9.17, 15) is 14.4 Å². The van der Waals surface area contributed by atoms with Crippen molar-refractivity contribution in [2.45, 2.75) is 19.9 Å². The van der Waals surface area contributed by atoms with Crippen LogP contribution in [0.3, 0.4) is 0 Å². The molecule has 0 saturated heterocycles. The maximum absolute atomic E-state index is 14.1. The number of likely N-dealkylation sites (N-methyl/N-ethyl adjacent to an activating group) is 1. The van der Waals surface area contributed by atoms with Crippen molar-refractivity contribution < 1.29 is 9.59 Å². The number of hydrogen-bond acceptors (Lipinski definition) is 6. The molecular formula is C28H21BrN4O3S2. The minimum absolute atomic E-state index is 0.212. The summed E-state index contributed by atoms with van der Waals surface area (Å²) in [4.78, 5) is 49.0. The van der Waals surface area contributed by atoms with Crippen molar-refractivity contribution in [1.29, 1.82) is 0 Å². The third-order valence-corrected chi connectivity index (χ3v) is 9.08. The van der Waals surface area contributed by atoms with Crippen molar-refractivity contribution in [2.75, 3.05) is 16.8 Å². The molecule has 0 aliphatic carbocycles. The Labute approximate surface area is 234 Å². The molecule has 4 aromatic rings. The van der Waals surface area contributed by atoms with Crippen LogP contribution in [0.2, 0.25) is 0 Å². The quantitative estimate of drug-likeness (QED) is 0.374. The third-order valence-electron chi connectivity index (χ3n) is 6.61. The van der Waals surface area contributed by atoms with Gasteiger partial charge in [-0.25, -0.2) is 4.99 Å². The number of benzene rings is 2. The average molecular weight is 606 g/mol. The van der Waals surface area contributed by atoms with Crippen LogP contribution in [0.15, 0.2) is 91.6 Å². The van der Waals surface area contributed by atoms with Crippen LogP contribution in [0.1, 0.15) is 30.3 Å². The second-order valence-corrected chi connectivity index (χ2v) is 11.7. The van der Waals surface area contributed by atoms with E-state index in [1.807, 2.05) is 73.0 Å². The van der Waals surface area contributed by atoms with Gasteiger partial charge < -0.3 is 10.2 Å². The van der Waals surface area contributed by atoms with Gasteiger partial charge in [0.05, 0.1) is 22.5 Å². The van der Waals surface area contributed by atoms with Crippen LogP contribution in [-0.4, -0.2) is 22.9 Å². The summed E-state index contributed by atoms with van der Waals surface area (Å²) in [6.45, 7) is 4.18. The summed E-state index contributed by atoms with van der Waals surface area (Å²) >= 11 is 6.16. The summed E-state index contributed by atoms with van der Waals surface area (Å²) in [5, 5.41) is 4.87. The molecule has 1 atom stereocenters. The van der Waals surface area contributed by atoms with Crippen LogP contribution in [0.25, 0.3) is 5.57 Å². The predicted molar refractivity (Wildman–Crippen MR) is 154 cm³/mol. The molecule has 0 bridgehead atoms. The van der Waals surface area contributed by atoms with Gasteiger partial charge in [0, 0.05) is 27.1 Å². The second kappa shape index (κ2) is 9.61. The molecule has 2 amide bonds. The predicted octanol–water partition coefficient (Wildman–Crippen LogP) is 4.43. The van der Waals surface area contributed by atoms with E-state index in [1.54, 1.807) is 16.4 Å². The van der Waals surface area contributed by atoms with E-state index in [-0.39, 0.29) is 17.4 Å². The Balaban J connectivity index is 1.58. The third kappa shape index (κ3) is 3.91. The molecule has 2 aliphatic rings. The molecule has 0 unspecified atom stereocenters. The molecule has 0 spiro atoms. The first-order chi connectivity index (χ1) is 18.4. The highest BCUT2D eigenvalue weighted by atomic mass is 79.9. The molecule has 2 aromatic carbocycles. The summed E-state index contributed by atoms with van der Waals surface area (Å²) in [5.41, 5.74) is 3.10. The number of aromatic nitrogens is 1. The molecule has 6 rings (SSSR count). The Morgan fingerprint density at radius 3 is 2.61 bits per heavy atom. The summed E-state index contributed by atoms with van der Waals surface area (Å²) in [7, 11) is 0. The van der Waals surface area contributed by atoms with Gasteiger partial charge in [-0.3, -0.25) is 19.0 Å². The van der Waals surface area contributed by atoms with Gasteiger partial charge in [-0.2, -0.15) is 0 Å². The first-order valence-corrected chi connectivity index (χ1v) is 14.4. The van der Waals surface area contributed by atoms with Crippen molar-refractivity contribution in [2.24, 2.45) is 4.99 Å². The number of carbonyl (C=O) groups excluding carboxylic acids is 2. The molecule has 38 heavy (non-hydrogen) atoms. The normalized spacial score (nSPS) is 17.8. The zero-order valence-electron chi connectivity index (χ0n) is 20.4. The monoisotopic (exact) mass is 604 g/mol. The SMILES string of the molecule is CCN1C(=O)/C(=c2/sc3n(c2=O)[C@H](c2cccs2)C(C(=O)Nc2ccccc2)=C(C)N=3)c2cc(Br)ccc21. The van der Waals surface area contributed by atoms with Crippen LogP contribution in [0, 0.1) is 0 Å². The van der Waals surface area contributed by atoms with E-state index < -0.39 is 6.04 Å². The van der Waals surface area contributed by atoms with Gasteiger partial charge >= 0.3 is 0 Å². The number of nitrogens with one attached hydrogen (secondary N) is 1. The largest absolute Gasteiger partial charge is 0.322 e. The first-order valence-electron chi connectivity index (χ1n) is 12.0. The van der Waals surface area contributed by atoms with Crippen molar-refractivity contribution in [3.8, 4) is 0 Å². The number of para-hydroxylation sites is 1. The highest BCUT2D eigenvalue weighted by Crippen LogP contribution is 2.37. The summed E-state index contributed by atoms with van der Waals surface area (Å²) < 4.78 is 2.70. The Morgan fingerprint density at radius 1 is 1.11 bits per heavy atom. The Bertz CT molecular complexity index is 1820. The van der Waals surface area contributed by atoms with Crippen molar-refractivity contribution in [3.05, 3.63) is 112 Å². The molecule has 4 heterocycles. The van der Waals surface area contributed by atoms with E-state index in [0.29, 0.717) is 44.0 Å². The highest BCUT2D eigenvalue weighted by molar-refractivity contribution is 9.10. The Morgan fingerprint density at radius 2 is 1.89 bits per heavy atom. The van der Waals surface area contributed by atoms with Gasteiger partial charge in [0.2, 0.25) is 0 Å². The number of hydrogen-bond donors (Lipinski definition) is 1. The number of thiophene rings is 1. The number of allylic oxidation sites excluding steroid dienone is 1. The van der Waals surface area contributed by atoms with E-state index in [4.69, 9.17) is 4.99 Å². The Hall–Kier alpha value is -3.60. The molecule has 10 heteroatoms. The second-order valence-electron chi connectivity index (χ2n) is 8.82. The summed E-state index contributed by atoms with van der Waals surface area (Å²) in [5.74, 6) is -0.534. The minimum atomic E-state index is -0.662. The lowest BCUT2D eigenvalue weighted by Crippen LogP contribution is -2.41. The zero-order valence-corrected chi connectivity index (χ0v) is 23.6. The fourth-order valence-corrected chi connectivity index (χ4v) is 7.26. The van der Waals surface area contributed by atoms with Crippen molar-refractivity contribution in [1.82, 2.24) is 4.57 Å². The number of nitrogens with zero attached hydrogens (tertiary/aromatic N) is 3. The number of fused-ring (bicyclic) bond motifs is 2. The number of thiazole rings is 1. The summed E-state index contributed by atoms with van der Waals surface area (Å²) in [6, 6.07) is 18.0. The maximum atomic E-state index is 14.1. The summed E-state index contributed by atoms with van der Waals surface area (Å²) in [6.07, 6.45) is 0. The van der Waals surface area contributed by atoms with E-state index in [1.165, 1.54) is 22.7 Å². The lowest BCUT2D eigenvalue weighted by molar-refractivity contribution is -0.114. The average Bonchev–Trinajstić information content (AvgIpc) is 3.60. The molecule has 190 valence electrons. The zero-order chi connectivity index (χ0) is 26.6. The number of anilines is 2. The van der Waals surface area contributed by atoms with E-state index in [0.717, 1.165) is 15.0 Å². The molecule has 0 saturated carbocycles. The molecule has 1 N–H and O–H groups in total. The highest BCUT2D eigenvalue weighted by Gasteiger charge is 2.37. The maximum Gasteiger partial charge on any atom is 0.272 e. The molecule has 2 aromatic heterocycles. The molecular weight excluding hydrogens is 584 g/mol. The standard InChI is InChI=1S/C28H21BrN4O3S2/c1-3-32-19-12-11-16(29)14-18(19)22(26(32)35)24-27(36)33-23(20-10-7-13-37-20)21(15(2)30-28(33)38-24)25(34)31-17-8-5-4-6-9-17/h4-14,23H,3H2,1-2H3,(H,31,34)/b24-22+/t23-/m1/s1. The molecule has 2 aliphatic heterocycles. The van der Waals surface area contributed by atoms with Gasteiger partial charge in [-0.05, 0) is 55.6 Å². The number of amides is 2. The van der Waals surface area contributed by atoms with E-state index in [2.05, 4.69) is 21.2 Å². The van der Waals surface area contributed by atoms with Crippen molar-refractivity contribution in [3.63, 3.8) is 0 Å². The minimum Gasteiger partial charge on any atom is -0.322 e. The number of halogens is 1. The fourth-order valence-electron chi connectivity index (χ4n) is 4.93. The smallest absolute Gasteiger partial charge is 0.272 e. The van der Waals surface area contributed by atoms with E-state index >= 15 is 0 Å². The topological polar surface area (TPSA) is 83.8 Å². The van der Waals surface area contributed by atoms with Gasteiger partial charge in [-0.1, -0.05) is 51.5 Å². The van der Waals surface area contributed by atoms with Gasteiger partial charge in [0.25, 0.3) is 17.4 Å². The van der Waals surface area contributed by atoms with Crippen molar-refractivity contribution >= 4 is 67.4 Å². The van der Waals surface area contributed by atoms with Crippen LogP contribution in [-0.2, 0) is 9.59 Å². The lowest BCUT2D eigenvalue weighted by atomic mass is 10.0. The molecule has 0 fully saturated rings. The van der Waals surface area contributed by atoms with Crippen LogP contribution in [0.4, 0.5) is 11.4 Å².